The minimum Gasteiger partial charge on any atom is -0.325 e. The highest BCUT2D eigenvalue weighted by Gasteiger charge is 2.31. The molecule has 0 spiro atoms. The van der Waals surface area contributed by atoms with Crippen molar-refractivity contribution < 1.29 is 18.8 Å². The van der Waals surface area contributed by atoms with E-state index in [9.17, 15) is 18.8 Å². The lowest BCUT2D eigenvalue weighted by Crippen LogP contribution is -2.52. The molecule has 1 fully saturated rings. The van der Waals surface area contributed by atoms with Crippen molar-refractivity contribution in [2.45, 2.75) is 19.4 Å². The summed E-state index contributed by atoms with van der Waals surface area (Å²) in [5, 5.41) is 5.59. The Morgan fingerprint density at radius 2 is 1.73 bits per heavy atom. The first-order valence-electron chi connectivity index (χ1n) is 11.1. The Bertz CT molecular complexity index is 1040. The van der Waals surface area contributed by atoms with Crippen molar-refractivity contribution in [2.24, 2.45) is 0 Å². The van der Waals surface area contributed by atoms with Gasteiger partial charge in [-0.2, -0.15) is 0 Å². The number of rotatable bonds is 5. The van der Waals surface area contributed by atoms with Crippen molar-refractivity contribution >= 4 is 34.8 Å². The highest BCUT2D eigenvalue weighted by Crippen LogP contribution is 2.31. The molecule has 3 amide bonds. The van der Waals surface area contributed by atoms with E-state index in [1.165, 1.54) is 12.1 Å². The molecule has 2 aromatic rings. The molecule has 0 aromatic heterocycles. The molecule has 1 atom stereocenters. The van der Waals surface area contributed by atoms with Gasteiger partial charge in [-0.3, -0.25) is 24.2 Å². The smallest absolute Gasteiger partial charge is 0.241 e. The molecule has 2 aliphatic rings. The maximum absolute atomic E-state index is 13.3. The van der Waals surface area contributed by atoms with Gasteiger partial charge in [0.1, 0.15) is 5.82 Å². The topological polar surface area (TPSA) is 85.0 Å². The minimum absolute atomic E-state index is 0.0521. The normalized spacial score (nSPS) is 19.4. The Kier molecular flexibility index (Phi) is 7.00. The van der Waals surface area contributed by atoms with Crippen molar-refractivity contribution in [3.8, 4) is 0 Å². The van der Waals surface area contributed by atoms with Crippen LogP contribution in [0.5, 0.6) is 0 Å². The number of anilines is 3. The number of amides is 3. The number of hydrogen-bond acceptors (Lipinski definition) is 5. The zero-order chi connectivity index (χ0) is 23.4. The predicted octanol–water partition coefficient (Wildman–Crippen LogP) is 2.15. The van der Waals surface area contributed by atoms with Crippen molar-refractivity contribution in [2.75, 3.05) is 54.8 Å². The van der Waals surface area contributed by atoms with Crippen LogP contribution in [0.25, 0.3) is 0 Å². The summed E-state index contributed by atoms with van der Waals surface area (Å²) < 4.78 is 13.3. The van der Waals surface area contributed by atoms with E-state index >= 15 is 0 Å². The third kappa shape index (κ3) is 5.74. The average Bonchev–Trinajstić information content (AvgIpc) is 2.89. The maximum Gasteiger partial charge on any atom is 0.241 e. The average molecular weight is 454 g/mol. The Morgan fingerprint density at radius 3 is 2.45 bits per heavy atom. The molecular weight excluding hydrogens is 425 g/mol. The number of carbonyl (C=O) groups is 3. The van der Waals surface area contributed by atoms with Crippen LogP contribution in [0.4, 0.5) is 21.5 Å². The molecule has 2 N–H and O–H groups in total. The summed E-state index contributed by atoms with van der Waals surface area (Å²) in [6.45, 7) is 4.94. The van der Waals surface area contributed by atoms with Gasteiger partial charge in [0.15, 0.2) is 0 Å². The van der Waals surface area contributed by atoms with Crippen LogP contribution in [0.15, 0.2) is 48.5 Å². The predicted molar refractivity (Wildman–Crippen MR) is 125 cm³/mol. The van der Waals surface area contributed by atoms with Gasteiger partial charge in [-0.15, -0.1) is 0 Å². The number of halogens is 1. The highest BCUT2D eigenvalue weighted by atomic mass is 19.1. The Hall–Kier alpha value is -3.30. The van der Waals surface area contributed by atoms with E-state index < -0.39 is 5.82 Å². The molecular formula is C24H28FN5O3. The number of piperazine rings is 1. The first-order chi connectivity index (χ1) is 15.9. The van der Waals surface area contributed by atoms with E-state index in [0.717, 1.165) is 0 Å². The number of fused-ring (bicyclic) bond motifs is 1. The molecule has 0 saturated carbocycles. The van der Waals surface area contributed by atoms with E-state index in [0.29, 0.717) is 43.2 Å². The molecule has 0 unspecified atom stereocenters. The zero-order valence-electron chi connectivity index (χ0n) is 18.6. The van der Waals surface area contributed by atoms with Crippen molar-refractivity contribution in [3.05, 3.63) is 54.3 Å². The summed E-state index contributed by atoms with van der Waals surface area (Å²) in [4.78, 5) is 43.5. The molecule has 0 bridgehead atoms. The van der Waals surface area contributed by atoms with Gasteiger partial charge in [0.2, 0.25) is 17.7 Å². The summed E-state index contributed by atoms with van der Waals surface area (Å²) >= 11 is 0. The fourth-order valence-electron chi connectivity index (χ4n) is 4.31. The molecule has 33 heavy (non-hydrogen) atoms. The molecule has 8 nitrogen and oxygen atoms in total. The second-order valence-corrected chi connectivity index (χ2v) is 8.49. The van der Waals surface area contributed by atoms with Gasteiger partial charge in [-0.05, 0) is 37.3 Å². The van der Waals surface area contributed by atoms with Crippen molar-refractivity contribution in [1.29, 1.82) is 0 Å². The Labute approximate surface area is 192 Å². The lowest BCUT2D eigenvalue weighted by Gasteiger charge is -2.36. The number of hydrogen-bond donors (Lipinski definition) is 2. The Morgan fingerprint density at radius 1 is 1.03 bits per heavy atom. The molecule has 0 radical (unpaired) electrons. The van der Waals surface area contributed by atoms with Gasteiger partial charge in [-0.1, -0.05) is 18.2 Å². The fourth-order valence-corrected chi connectivity index (χ4v) is 4.31. The molecule has 2 heterocycles. The van der Waals surface area contributed by atoms with E-state index in [4.69, 9.17) is 0 Å². The van der Waals surface area contributed by atoms with E-state index in [-0.39, 0.29) is 43.3 Å². The van der Waals surface area contributed by atoms with E-state index in [1.807, 2.05) is 30.0 Å². The summed E-state index contributed by atoms with van der Waals surface area (Å²) in [6.07, 6.45) is 0.245. The van der Waals surface area contributed by atoms with Gasteiger partial charge in [-0.25, -0.2) is 4.39 Å². The van der Waals surface area contributed by atoms with Crippen LogP contribution in [0.2, 0.25) is 0 Å². The van der Waals surface area contributed by atoms with Crippen LogP contribution in [-0.2, 0) is 14.4 Å². The molecule has 2 aliphatic heterocycles. The number of benzene rings is 2. The van der Waals surface area contributed by atoms with Crippen LogP contribution in [0.3, 0.4) is 0 Å². The molecule has 174 valence electrons. The first kappa shape index (κ1) is 22.9. The standard InChI is InChI=1S/C24H28FN5O3/c1-17-13-22(31)27-20-7-2-3-8-21(20)30(17)24(33)16-29-11-9-28(10-12-29)15-23(32)26-19-6-4-5-18(25)14-19/h2-8,14,17H,9-13,15-16H2,1H3,(H,26,32)(H,27,31)/t17-/m0/s1. The Balaban J connectivity index is 1.30. The van der Waals surface area contributed by atoms with Crippen LogP contribution in [0.1, 0.15) is 13.3 Å². The second-order valence-electron chi connectivity index (χ2n) is 8.49. The van der Waals surface area contributed by atoms with Crippen LogP contribution in [0, 0.1) is 5.82 Å². The molecule has 1 saturated heterocycles. The van der Waals surface area contributed by atoms with Gasteiger partial charge in [0, 0.05) is 44.3 Å². The number of para-hydroxylation sites is 2. The van der Waals surface area contributed by atoms with Gasteiger partial charge < -0.3 is 15.5 Å². The largest absolute Gasteiger partial charge is 0.325 e. The lowest BCUT2D eigenvalue weighted by atomic mass is 10.1. The van der Waals surface area contributed by atoms with Gasteiger partial charge >= 0.3 is 0 Å². The fraction of sp³-hybridized carbons (Fsp3) is 0.375. The third-order valence-electron chi connectivity index (χ3n) is 5.93. The highest BCUT2D eigenvalue weighted by molar-refractivity contribution is 6.05. The number of nitrogens with zero attached hydrogens (tertiary/aromatic N) is 3. The third-order valence-corrected chi connectivity index (χ3v) is 5.93. The summed E-state index contributed by atoms with van der Waals surface area (Å²) in [5.74, 6) is -0.746. The SMILES string of the molecule is C[C@H]1CC(=O)Nc2ccccc2N1C(=O)CN1CCN(CC(=O)Nc2cccc(F)c2)CC1. The summed E-state index contributed by atoms with van der Waals surface area (Å²) in [7, 11) is 0. The van der Waals surface area contributed by atoms with E-state index in [2.05, 4.69) is 15.5 Å². The van der Waals surface area contributed by atoms with Gasteiger partial charge in [0.05, 0.1) is 24.5 Å². The second kappa shape index (κ2) is 10.1. The van der Waals surface area contributed by atoms with Crippen molar-refractivity contribution in [1.82, 2.24) is 9.80 Å². The molecule has 9 heteroatoms. The van der Waals surface area contributed by atoms with Gasteiger partial charge in [0.25, 0.3) is 0 Å². The van der Waals surface area contributed by atoms with Crippen LogP contribution in [-0.4, -0.2) is 72.8 Å². The van der Waals surface area contributed by atoms with Crippen molar-refractivity contribution in [3.63, 3.8) is 0 Å². The van der Waals surface area contributed by atoms with Crippen LogP contribution >= 0.6 is 0 Å². The lowest BCUT2D eigenvalue weighted by molar-refractivity contribution is -0.122. The van der Waals surface area contributed by atoms with Crippen LogP contribution < -0.4 is 15.5 Å². The van der Waals surface area contributed by atoms with E-state index in [1.54, 1.807) is 23.1 Å². The summed E-state index contributed by atoms with van der Waals surface area (Å²) in [6, 6.07) is 12.9. The molecule has 4 rings (SSSR count). The minimum atomic E-state index is -0.396. The quantitative estimate of drug-likeness (QED) is 0.725. The number of carbonyl (C=O) groups excluding carboxylic acids is 3. The first-order valence-corrected chi connectivity index (χ1v) is 11.1. The molecule has 0 aliphatic carbocycles. The number of nitrogens with one attached hydrogen (secondary N) is 2. The summed E-state index contributed by atoms with van der Waals surface area (Å²) in [5.41, 5.74) is 1.80. The zero-order valence-corrected chi connectivity index (χ0v) is 18.6. The maximum atomic E-state index is 13.3. The molecule has 2 aromatic carbocycles. The monoisotopic (exact) mass is 453 g/mol.